The lowest BCUT2D eigenvalue weighted by Crippen LogP contribution is -2.08. The van der Waals surface area contributed by atoms with Crippen molar-refractivity contribution in [2.45, 2.75) is 16.4 Å². The number of hydrogen-bond acceptors (Lipinski definition) is 1. The first-order valence-corrected chi connectivity index (χ1v) is 6.28. The molecular formula is C11H5Cl3F4O2. The Bertz CT molecular complexity index is 586. The predicted molar refractivity (Wildman–Crippen MR) is 64.7 cm³/mol. The van der Waals surface area contributed by atoms with Crippen LogP contribution < -0.4 is 0 Å². The third kappa shape index (κ3) is 2.44. The Kier molecular flexibility index (Phi) is 3.64. The first kappa shape index (κ1) is 15.7. The normalized spacial score (nSPS) is 24.6. The summed E-state index contributed by atoms with van der Waals surface area (Å²) in [6, 6.07) is 1.28. The maximum atomic E-state index is 13.5. The van der Waals surface area contributed by atoms with E-state index in [9.17, 15) is 22.4 Å². The van der Waals surface area contributed by atoms with Crippen molar-refractivity contribution in [3.63, 3.8) is 0 Å². The number of halogens is 7. The van der Waals surface area contributed by atoms with E-state index in [4.69, 9.17) is 39.9 Å². The second-order valence-electron chi connectivity index (χ2n) is 4.33. The Labute approximate surface area is 125 Å². The standard InChI is InChI=1S/C11H5Cl3F4O2/c12-8-4(11(16,17)18)1-3(2-5(8)15)6-7(9(19)20)10(6,13)14/h1-2,6-7H,(H,19,20). The Morgan fingerprint density at radius 2 is 1.85 bits per heavy atom. The molecule has 0 radical (unpaired) electrons. The van der Waals surface area contributed by atoms with Gasteiger partial charge >= 0.3 is 12.1 Å². The number of carboxylic acids is 1. The van der Waals surface area contributed by atoms with E-state index in [1.54, 1.807) is 0 Å². The van der Waals surface area contributed by atoms with Crippen molar-refractivity contribution in [3.8, 4) is 0 Å². The topological polar surface area (TPSA) is 37.3 Å². The van der Waals surface area contributed by atoms with E-state index in [1.807, 2.05) is 0 Å². The summed E-state index contributed by atoms with van der Waals surface area (Å²) in [6.45, 7) is 0. The van der Waals surface area contributed by atoms with Gasteiger partial charge in [0.2, 0.25) is 0 Å². The molecule has 0 aliphatic heterocycles. The van der Waals surface area contributed by atoms with Crippen LogP contribution in [0.2, 0.25) is 5.02 Å². The summed E-state index contributed by atoms with van der Waals surface area (Å²) >= 11 is 16.7. The highest BCUT2D eigenvalue weighted by molar-refractivity contribution is 6.53. The fourth-order valence-corrected chi connectivity index (χ4v) is 3.08. The van der Waals surface area contributed by atoms with E-state index in [0.29, 0.717) is 12.1 Å². The maximum Gasteiger partial charge on any atom is 0.417 e. The molecular weight excluding hydrogens is 346 g/mol. The summed E-state index contributed by atoms with van der Waals surface area (Å²) in [5, 5.41) is 7.78. The molecule has 1 fully saturated rings. The lowest BCUT2D eigenvalue weighted by Gasteiger charge is -2.12. The van der Waals surface area contributed by atoms with Gasteiger partial charge in [-0.05, 0) is 17.7 Å². The number of carbonyl (C=O) groups is 1. The largest absolute Gasteiger partial charge is 0.481 e. The van der Waals surface area contributed by atoms with Gasteiger partial charge in [-0.25, -0.2) is 4.39 Å². The first-order chi connectivity index (χ1) is 8.98. The van der Waals surface area contributed by atoms with Crippen LogP contribution >= 0.6 is 34.8 Å². The summed E-state index contributed by atoms with van der Waals surface area (Å²) < 4.78 is 49.8. The molecule has 0 heterocycles. The van der Waals surface area contributed by atoms with Crippen LogP contribution in [0.1, 0.15) is 17.0 Å². The molecule has 1 aromatic carbocycles. The molecule has 1 aliphatic rings. The van der Waals surface area contributed by atoms with Crippen molar-refractivity contribution in [2.75, 3.05) is 0 Å². The van der Waals surface area contributed by atoms with Gasteiger partial charge in [0.1, 0.15) is 10.2 Å². The van der Waals surface area contributed by atoms with E-state index in [2.05, 4.69) is 0 Å². The summed E-state index contributed by atoms with van der Waals surface area (Å²) in [6.07, 6.45) is -4.87. The quantitative estimate of drug-likeness (QED) is 0.630. The molecule has 0 amide bonds. The van der Waals surface area contributed by atoms with E-state index in [0.717, 1.165) is 0 Å². The Morgan fingerprint density at radius 1 is 1.30 bits per heavy atom. The Balaban J connectivity index is 2.51. The van der Waals surface area contributed by atoms with Crippen LogP contribution in [0.25, 0.3) is 0 Å². The molecule has 1 saturated carbocycles. The number of alkyl halides is 5. The molecule has 2 nitrogen and oxygen atoms in total. The van der Waals surface area contributed by atoms with Gasteiger partial charge in [0.05, 0.1) is 16.5 Å². The first-order valence-electron chi connectivity index (χ1n) is 5.14. The van der Waals surface area contributed by atoms with Gasteiger partial charge in [0.15, 0.2) is 0 Å². The zero-order valence-electron chi connectivity index (χ0n) is 9.31. The second kappa shape index (κ2) is 4.64. The molecule has 1 aromatic rings. The van der Waals surface area contributed by atoms with Gasteiger partial charge in [0, 0.05) is 5.92 Å². The minimum atomic E-state index is -4.87. The molecule has 0 aromatic heterocycles. The highest BCUT2D eigenvalue weighted by atomic mass is 35.5. The van der Waals surface area contributed by atoms with Crippen LogP contribution in [0.5, 0.6) is 0 Å². The lowest BCUT2D eigenvalue weighted by atomic mass is 10.0. The molecule has 0 saturated heterocycles. The number of aliphatic carboxylic acids is 1. The number of hydrogen-bond donors (Lipinski definition) is 1. The molecule has 1 N–H and O–H groups in total. The predicted octanol–water partition coefficient (Wildman–Crippen LogP) is 4.47. The van der Waals surface area contributed by atoms with Crippen LogP contribution in [0.15, 0.2) is 12.1 Å². The molecule has 0 bridgehead atoms. The van der Waals surface area contributed by atoms with Crippen molar-refractivity contribution in [3.05, 3.63) is 34.1 Å². The number of carboxylic acid groups (broad SMARTS) is 1. The molecule has 110 valence electrons. The molecule has 2 unspecified atom stereocenters. The van der Waals surface area contributed by atoms with E-state index in [-0.39, 0.29) is 5.56 Å². The summed E-state index contributed by atoms with van der Waals surface area (Å²) in [5.74, 6) is -5.11. The van der Waals surface area contributed by atoms with Crippen molar-refractivity contribution >= 4 is 40.8 Å². The molecule has 2 atom stereocenters. The minimum absolute atomic E-state index is 0.253. The smallest absolute Gasteiger partial charge is 0.417 e. The van der Waals surface area contributed by atoms with Crippen LogP contribution in [0.4, 0.5) is 17.6 Å². The van der Waals surface area contributed by atoms with Gasteiger partial charge in [-0.15, -0.1) is 0 Å². The van der Waals surface area contributed by atoms with Crippen LogP contribution in [0.3, 0.4) is 0 Å². The van der Waals surface area contributed by atoms with Crippen molar-refractivity contribution < 1.29 is 27.5 Å². The third-order valence-corrected chi connectivity index (χ3v) is 4.36. The average molecular weight is 352 g/mol. The fourth-order valence-electron chi connectivity index (χ4n) is 2.04. The van der Waals surface area contributed by atoms with Gasteiger partial charge in [-0.2, -0.15) is 13.2 Å². The number of benzene rings is 1. The van der Waals surface area contributed by atoms with E-state index < -0.39 is 44.7 Å². The highest BCUT2D eigenvalue weighted by Gasteiger charge is 2.68. The Hall–Kier alpha value is -0.720. The Morgan fingerprint density at radius 3 is 2.25 bits per heavy atom. The van der Waals surface area contributed by atoms with Crippen LogP contribution in [-0.2, 0) is 11.0 Å². The third-order valence-electron chi connectivity index (χ3n) is 3.03. The van der Waals surface area contributed by atoms with E-state index in [1.165, 1.54) is 0 Å². The fraction of sp³-hybridized carbons (Fsp3) is 0.364. The van der Waals surface area contributed by atoms with Crippen molar-refractivity contribution in [1.82, 2.24) is 0 Å². The maximum absolute atomic E-state index is 13.5. The zero-order chi connectivity index (χ0) is 15.5. The van der Waals surface area contributed by atoms with E-state index >= 15 is 0 Å². The summed E-state index contributed by atoms with van der Waals surface area (Å²) in [7, 11) is 0. The molecule has 0 spiro atoms. The highest BCUT2D eigenvalue weighted by Crippen LogP contribution is 2.65. The molecule has 20 heavy (non-hydrogen) atoms. The van der Waals surface area contributed by atoms with Crippen LogP contribution in [0, 0.1) is 11.7 Å². The summed E-state index contributed by atoms with van der Waals surface area (Å²) in [4.78, 5) is 10.9. The molecule has 9 heteroatoms. The summed E-state index contributed by atoms with van der Waals surface area (Å²) in [5.41, 5.74) is -1.65. The van der Waals surface area contributed by atoms with Gasteiger partial charge in [-0.1, -0.05) is 34.8 Å². The monoisotopic (exact) mass is 350 g/mol. The van der Waals surface area contributed by atoms with Gasteiger partial charge in [-0.3, -0.25) is 4.79 Å². The molecule has 1 aliphatic carbocycles. The minimum Gasteiger partial charge on any atom is -0.481 e. The van der Waals surface area contributed by atoms with Gasteiger partial charge in [0.25, 0.3) is 0 Å². The second-order valence-corrected chi connectivity index (χ2v) is 6.15. The SMILES string of the molecule is O=C(O)C1C(c2cc(F)c(Cl)c(C(F)(F)F)c2)C1(Cl)Cl. The van der Waals surface area contributed by atoms with Crippen molar-refractivity contribution in [1.29, 1.82) is 0 Å². The number of rotatable bonds is 2. The van der Waals surface area contributed by atoms with Crippen molar-refractivity contribution in [2.24, 2.45) is 5.92 Å². The lowest BCUT2D eigenvalue weighted by molar-refractivity contribution is -0.138. The average Bonchev–Trinajstić information content (AvgIpc) is 2.84. The van der Waals surface area contributed by atoms with Crippen LogP contribution in [-0.4, -0.2) is 15.4 Å². The molecule has 2 rings (SSSR count). The van der Waals surface area contributed by atoms with Gasteiger partial charge < -0.3 is 5.11 Å². The zero-order valence-corrected chi connectivity index (χ0v) is 11.6.